The number of hydrogen-bond donors (Lipinski definition) is 5. The summed E-state index contributed by atoms with van der Waals surface area (Å²) in [6.45, 7) is 0.647. The maximum atomic E-state index is 11.6. The van der Waals surface area contributed by atoms with Crippen molar-refractivity contribution in [3.63, 3.8) is 0 Å². The summed E-state index contributed by atoms with van der Waals surface area (Å²) in [5.41, 5.74) is 5.16. The molecule has 0 bridgehead atoms. The number of phosphoric acid groups is 1. The normalized spacial score (nSPS) is 16.4. The SMILES string of the molecule is CCCCCCCCCCCCCCC(O)OC[C@@H](O)COP(=O)(O)OC[C@H](N)C(=O)O. The molecule has 0 heterocycles. The van der Waals surface area contributed by atoms with Crippen LogP contribution in [-0.4, -0.2) is 64.4 Å². The average molecular weight is 486 g/mol. The van der Waals surface area contributed by atoms with E-state index < -0.39 is 45.4 Å². The fraction of sp³-hybridized carbons (Fsp3) is 0.952. The molecule has 0 aliphatic rings. The summed E-state index contributed by atoms with van der Waals surface area (Å²) in [5, 5.41) is 28.1. The maximum Gasteiger partial charge on any atom is 0.472 e. The summed E-state index contributed by atoms with van der Waals surface area (Å²) in [5.74, 6) is -1.39. The van der Waals surface area contributed by atoms with Crippen molar-refractivity contribution < 1.29 is 43.4 Å². The van der Waals surface area contributed by atoms with E-state index in [1.54, 1.807) is 0 Å². The Hall–Kier alpha value is -0.580. The molecule has 0 aromatic heterocycles. The van der Waals surface area contributed by atoms with Crippen LogP contribution < -0.4 is 5.73 Å². The number of rotatable bonds is 23. The van der Waals surface area contributed by atoms with Crippen molar-refractivity contribution in [3.05, 3.63) is 0 Å². The standard InChI is InChI=1S/C21H44NO9P/c1-2-3-4-5-6-7-8-9-10-11-12-13-14-20(24)29-15-18(23)16-30-32(27,28)31-17-19(22)21(25)26/h18-20,23-24H,2-17,22H2,1H3,(H,25,26)(H,27,28)/t18-,19+,20?/m1/s1. The number of aliphatic hydroxyl groups excluding tert-OH is 2. The summed E-state index contributed by atoms with van der Waals surface area (Å²) < 4.78 is 25.7. The van der Waals surface area contributed by atoms with E-state index in [0.717, 1.165) is 19.3 Å². The van der Waals surface area contributed by atoms with E-state index in [4.69, 9.17) is 15.6 Å². The molecule has 0 saturated carbocycles. The van der Waals surface area contributed by atoms with Crippen molar-refractivity contribution >= 4 is 13.8 Å². The van der Waals surface area contributed by atoms with Crippen LogP contribution in [0.3, 0.4) is 0 Å². The van der Waals surface area contributed by atoms with Crippen molar-refractivity contribution in [3.8, 4) is 0 Å². The summed E-state index contributed by atoms with van der Waals surface area (Å²) in [6, 6.07) is -1.47. The monoisotopic (exact) mass is 485 g/mol. The topological polar surface area (TPSA) is 169 Å². The van der Waals surface area contributed by atoms with E-state index in [2.05, 4.69) is 16.0 Å². The summed E-state index contributed by atoms with van der Waals surface area (Å²) in [6.07, 6.45) is 12.8. The molecule has 4 atom stereocenters. The molecule has 0 spiro atoms. The zero-order chi connectivity index (χ0) is 24.2. The first kappa shape index (κ1) is 31.4. The lowest BCUT2D eigenvalue weighted by atomic mass is 10.0. The number of unbranched alkanes of at least 4 members (excludes halogenated alkanes) is 11. The molecule has 0 aromatic carbocycles. The average Bonchev–Trinajstić information content (AvgIpc) is 2.75. The highest BCUT2D eigenvalue weighted by molar-refractivity contribution is 7.47. The number of nitrogens with two attached hydrogens (primary N) is 1. The lowest BCUT2D eigenvalue weighted by Crippen LogP contribution is -2.34. The van der Waals surface area contributed by atoms with Crippen LogP contribution in [0.15, 0.2) is 0 Å². The van der Waals surface area contributed by atoms with Crippen LogP contribution in [0, 0.1) is 0 Å². The molecule has 2 unspecified atom stereocenters. The number of ether oxygens (including phenoxy) is 1. The van der Waals surface area contributed by atoms with Gasteiger partial charge >= 0.3 is 13.8 Å². The maximum absolute atomic E-state index is 11.6. The van der Waals surface area contributed by atoms with Gasteiger partial charge in [0.05, 0.1) is 19.8 Å². The van der Waals surface area contributed by atoms with Crippen LogP contribution in [0.25, 0.3) is 0 Å². The molecule has 0 fully saturated rings. The Morgan fingerprint density at radius 3 is 1.81 bits per heavy atom. The molecule has 0 amide bonds. The number of carbonyl (C=O) groups is 1. The van der Waals surface area contributed by atoms with Gasteiger partial charge in [0.2, 0.25) is 0 Å². The van der Waals surface area contributed by atoms with E-state index in [9.17, 15) is 24.5 Å². The van der Waals surface area contributed by atoms with E-state index >= 15 is 0 Å². The molecular weight excluding hydrogens is 441 g/mol. The van der Waals surface area contributed by atoms with E-state index in [-0.39, 0.29) is 6.61 Å². The van der Waals surface area contributed by atoms with Crippen molar-refractivity contribution in [1.82, 2.24) is 0 Å². The van der Waals surface area contributed by atoms with Crippen molar-refractivity contribution in [2.45, 2.75) is 109 Å². The second-order valence-electron chi connectivity index (χ2n) is 8.12. The molecular formula is C21H44NO9P. The van der Waals surface area contributed by atoms with Crippen LogP contribution in [0.4, 0.5) is 0 Å². The van der Waals surface area contributed by atoms with E-state index in [1.165, 1.54) is 57.8 Å². The Kier molecular flexibility index (Phi) is 19.5. The highest BCUT2D eigenvalue weighted by Gasteiger charge is 2.26. The molecule has 0 rings (SSSR count). The minimum atomic E-state index is -4.55. The fourth-order valence-corrected chi connectivity index (χ4v) is 3.76. The molecule has 0 aliphatic carbocycles. The molecule has 192 valence electrons. The van der Waals surface area contributed by atoms with Gasteiger partial charge in [-0.1, -0.05) is 77.6 Å². The first-order chi connectivity index (χ1) is 15.2. The number of hydrogen-bond acceptors (Lipinski definition) is 8. The van der Waals surface area contributed by atoms with Gasteiger partial charge < -0.3 is 30.7 Å². The van der Waals surface area contributed by atoms with Crippen LogP contribution in [0.5, 0.6) is 0 Å². The molecule has 0 radical (unpaired) electrons. The van der Waals surface area contributed by atoms with Gasteiger partial charge in [-0.2, -0.15) is 0 Å². The van der Waals surface area contributed by atoms with Crippen molar-refractivity contribution in [2.24, 2.45) is 5.73 Å². The minimum absolute atomic E-state index is 0.284. The zero-order valence-electron chi connectivity index (χ0n) is 19.4. The van der Waals surface area contributed by atoms with Crippen LogP contribution in [-0.2, 0) is 23.1 Å². The summed E-state index contributed by atoms with van der Waals surface area (Å²) in [7, 11) is -4.55. The first-order valence-corrected chi connectivity index (χ1v) is 13.3. The van der Waals surface area contributed by atoms with Gasteiger partial charge in [0.1, 0.15) is 12.1 Å². The third-order valence-corrected chi connectivity index (χ3v) is 5.90. The molecule has 0 aromatic rings. The fourth-order valence-electron chi connectivity index (χ4n) is 2.98. The predicted molar refractivity (Wildman–Crippen MR) is 121 cm³/mol. The number of aliphatic hydroxyl groups is 2. The van der Waals surface area contributed by atoms with Gasteiger partial charge in [0, 0.05) is 0 Å². The second kappa shape index (κ2) is 19.9. The number of carboxylic acid groups (broad SMARTS) is 1. The van der Waals surface area contributed by atoms with Crippen molar-refractivity contribution in [2.75, 3.05) is 19.8 Å². The van der Waals surface area contributed by atoms with Crippen LogP contribution >= 0.6 is 7.82 Å². The summed E-state index contributed by atoms with van der Waals surface area (Å²) in [4.78, 5) is 19.9. The van der Waals surface area contributed by atoms with Crippen LogP contribution in [0.2, 0.25) is 0 Å². The Bertz CT molecular complexity index is 510. The Morgan fingerprint density at radius 1 is 0.844 bits per heavy atom. The largest absolute Gasteiger partial charge is 0.480 e. The lowest BCUT2D eigenvalue weighted by Gasteiger charge is -2.18. The van der Waals surface area contributed by atoms with E-state index in [1.807, 2.05) is 0 Å². The molecule has 6 N–H and O–H groups in total. The Balaban J connectivity index is 3.62. The molecule has 0 aliphatic heterocycles. The van der Waals surface area contributed by atoms with Gasteiger partial charge in [0.25, 0.3) is 0 Å². The Morgan fingerprint density at radius 2 is 1.31 bits per heavy atom. The highest BCUT2D eigenvalue weighted by atomic mass is 31.2. The Labute approximate surface area is 192 Å². The predicted octanol–water partition coefficient (Wildman–Crippen LogP) is 3.32. The smallest absolute Gasteiger partial charge is 0.472 e. The number of phosphoric ester groups is 1. The first-order valence-electron chi connectivity index (χ1n) is 11.8. The zero-order valence-corrected chi connectivity index (χ0v) is 20.3. The van der Waals surface area contributed by atoms with Gasteiger partial charge in [-0.3, -0.25) is 13.8 Å². The third kappa shape index (κ3) is 20.1. The molecule has 32 heavy (non-hydrogen) atoms. The van der Waals surface area contributed by atoms with Crippen LogP contribution in [0.1, 0.15) is 90.4 Å². The molecule has 11 heteroatoms. The second-order valence-corrected chi connectivity index (χ2v) is 9.58. The van der Waals surface area contributed by atoms with Gasteiger partial charge in [-0.05, 0) is 12.8 Å². The highest BCUT2D eigenvalue weighted by Crippen LogP contribution is 2.43. The van der Waals surface area contributed by atoms with Gasteiger partial charge in [-0.15, -0.1) is 0 Å². The number of aliphatic carboxylic acids is 1. The lowest BCUT2D eigenvalue weighted by molar-refractivity contribution is -0.139. The minimum Gasteiger partial charge on any atom is -0.480 e. The van der Waals surface area contributed by atoms with E-state index in [0.29, 0.717) is 6.42 Å². The van der Waals surface area contributed by atoms with Crippen molar-refractivity contribution in [1.29, 1.82) is 0 Å². The van der Waals surface area contributed by atoms with Gasteiger partial charge in [-0.25, -0.2) is 4.57 Å². The third-order valence-electron chi connectivity index (χ3n) is 4.95. The molecule has 10 nitrogen and oxygen atoms in total. The quantitative estimate of drug-likeness (QED) is 0.0822. The molecule has 0 saturated heterocycles. The summed E-state index contributed by atoms with van der Waals surface area (Å²) >= 11 is 0. The van der Waals surface area contributed by atoms with Gasteiger partial charge in [0.15, 0.2) is 6.29 Å². The number of carboxylic acids is 1.